The number of urea groups is 1. The minimum absolute atomic E-state index is 0.141. The van der Waals surface area contributed by atoms with E-state index in [0.29, 0.717) is 5.02 Å². The molecule has 0 spiro atoms. The number of aromatic nitrogens is 2. The van der Waals surface area contributed by atoms with Crippen molar-refractivity contribution in [2.24, 2.45) is 5.92 Å². The van der Waals surface area contributed by atoms with E-state index in [9.17, 15) is 14.4 Å². The summed E-state index contributed by atoms with van der Waals surface area (Å²) < 4.78 is 1.77. The van der Waals surface area contributed by atoms with Gasteiger partial charge in [0.2, 0.25) is 5.91 Å². The quantitative estimate of drug-likeness (QED) is 0.508. The van der Waals surface area contributed by atoms with E-state index >= 15 is 0 Å². The Morgan fingerprint density at radius 1 is 1.14 bits per heavy atom. The van der Waals surface area contributed by atoms with Crippen LogP contribution in [0.3, 0.4) is 0 Å². The lowest BCUT2D eigenvalue weighted by Gasteiger charge is -2.22. The molecule has 1 aromatic heterocycles. The number of nitrogens with zero attached hydrogens (tertiary/aromatic N) is 4. The third-order valence-electron chi connectivity index (χ3n) is 6.75. The van der Waals surface area contributed by atoms with Gasteiger partial charge in [-0.2, -0.15) is 5.10 Å². The molecule has 180 valence electrons. The summed E-state index contributed by atoms with van der Waals surface area (Å²) in [5.41, 5.74) is 2.40. The summed E-state index contributed by atoms with van der Waals surface area (Å²) in [5, 5.41) is 8.18. The molecule has 0 unspecified atom stereocenters. The van der Waals surface area contributed by atoms with E-state index in [1.807, 2.05) is 48.7 Å². The van der Waals surface area contributed by atoms with E-state index in [1.165, 1.54) is 4.90 Å². The summed E-state index contributed by atoms with van der Waals surface area (Å²) in [6.07, 6.45) is 3.70. The van der Waals surface area contributed by atoms with Gasteiger partial charge < -0.3 is 10.2 Å². The Balaban J connectivity index is 1.37. The minimum atomic E-state index is -0.908. The second kappa shape index (κ2) is 8.85. The molecular formula is C26H26ClN5O3. The van der Waals surface area contributed by atoms with Crippen LogP contribution in [0.2, 0.25) is 5.02 Å². The molecule has 8 nitrogen and oxygen atoms in total. The number of imide groups is 1. The Morgan fingerprint density at radius 3 is 2.49 bits per heavy atom. The number of carbonyl (C=O) groups is 3. The van der Waals surface area contributed by atoms with Gasteiger partial charge in [-0.05, 0) is 49.9 Å². The maximum Gasteiger partial charge on any atom is 0.325 e. The standard InChI is InChI=1S/C26H26ClN5O3/c1-26(19-10-11-19)24(34)31(25(35)28-26)16-22(33)30(2)14-18-15-32(21-6-4-3-5-7-21)29-23(18)17-8-12-20(27)13-9-17/h3-9,12-13,15,19H,10-11,14,16H2,1-2H3,(H,28,35)/t26-/m1/s1. The van der Waals surface area contributed by atoms with E-state index in [1.54, 1.807) is 30.8 Å². The van der Waals surface area contributed by atoms with Gasteiger partial charge in [0.1, 0.15) is 12.1 Å². The maximum absolute atomic E-state index is 13.1. The monoisotopic (exact) mass is 491 g/mol. The highest BCUT2D eigenvalue weighted by Gasteiger charge is 2.56. The molecule has 0 bridgehead atoms. The SMILES string of the molecule is CN(Cc1cn(-c2ccccc2)nc1-c1ccc(Cl)cc1)C(=O)CN1C(=O)N[C@](C)(C2CC2)C1=O. The first-order chi connectivity index (χ1) is 16.8. The number of amides is 4. The topological polar surface area (TPSA) is 87.5 Å². The number of carbonyl (C=O) groups excluding carboxylic acids is 3. The molecule has 1 aliphatic heterocycles. The number of benzene rings is 2. The van der Waals surface area contributed by atoms with Gasteiger partial charge in [0, 0.05) is 35.9 Å². The zero-order valence-electron chi connectivity index (χ0n) is 19.6. The third kappa shape index (κ3) is 4.41. The van der Waals surface area contributed by atoms with Gasteiger partial charge in [-0.3, -0.25) is 14.5 Å². The van der Waals surface area contributed by atoms with Crippen molar-refractivity contribution in [3.63, 3.8) is 0 Å². The van der Waals surface area contributed by atoms with Gasteiger partial charge in [-0.1, -0.05) is 41.9 Å². The van der Waals surface area contributed by atoms with E-state index < -0.39 is 11.6 Å². The summed E-state index contributed by atoms with van der Waals surface area (Å²) >= 11 is 6.07. The van der Waals surface area contributed by atoms with Crippen LogP contribution in [0, 0.1) is 5.92 Å². The molecule has 35 heavy (non-hydrogen) atoms. The fourth-order valence-electron chi connectivity index (χ4n) is 4.49. The largest absolute Gasteiger partial charge is 0.340 e. The van der Waals surface area contributed by atoms with Crippen molar-refractivity contribution in [3.05, 3.63) is 71.4 Å². The fraction of sp³-hybridized carbons (Fsp3) is 0.308. The molecule has 1 atom stereocenters. The molecule has 3 aromatic rings. The molecule has 2 aromatic carbocycles. The molecule has 2 fully saturated rings. The van der Waals surface area contributed by atoms with Crippen LogP contribution in [0.1, 0.15) is 25.3 Å². The van der Waals surface area contributed by atoms with Gasteiger partial charge in [0.05, 0.1) is 11.4 Å². The summed E-state index contributed by atoms with van der Waals surface area (Å²) in [7, 11) is 1.66. The lowest BCUT2D eigenvalue weighted by Crippen LogP contribution is -2.47. The van der Waals surface area contributed by atoms with Crippen LogP contribution in [0.25, 0.3) is 16.9 Å². The highest BCUT2D eigenvalue weighted by Crippen LogP contribution is 2.42. The molecule has 1 saturated heterocycles. The molecule has 1 aliphatic carbocycles. The fourth-order valence-corrected chi connectivity index (χ4v) is 4.61. The van der Waals surface area contributed by atoms with Crippen LogP contribution in [-0.4, -0.2) is 56.6 Å². The van der Waals surface area contributed by atoms with Gasteiger partial charge in [-0.15, -0.1) is 0 Å². The average molecular weight is 492 g/mol. The molecule has 5 rings (SSSR count). The summed E-state index contributed by atoms with van der Waals surface area (Å²) in [6, 6.07) is 16.6. The first kappa shape index (κ1) is 23.1. The van der Waals surface area contributed by atoms with E-state index in [4.69, 9.17) is 16.7 Å². The van der Waals surface area contributed by atoms with Crippen molar-refractivity contribution >= 4 is 29.4 Å². The Hall–Kier alpha value is -3.65. The lowest BCUT2D eigenvalue weighted by atomic mass is 9.96. The number of para-hydroxylation sites is 1. The Bertz CT molecular complexity index is 1290. The molecule has 0 radical (unpaired) electrons. The van der Waals surface area contributed by atoms with E-state index in [0.717, 1.165) is 40.2 Å². The highest BCUT2D eigenvalue weighted by atomic mass is 35.5. The molecular weight excluding hydrogens is 466 g/mol. The normalized spacial score (nSPS) is 19.7. The van der Waals surface area contributed by atoms with Gasteiger partial charge in [0.15, 0.2) is 0 Å². The van der Waals surface area contributed by atoms with Gasteiger partial charge in [-0.25, -0.2) is 9.48 Å². The predicted octanol–water partition coefficient (Wildman–Crippen LogP) is 3.87. The van der Waals surface area contributed by atoms with Crippen LogP contribution >= 0.6 is 11.6 Å². The molecule has 1 N–H and O–H groups in total. The summed E-state index contributed by atoms with van der Waals surface area (Å²) in [4.78, 5) is 41.0. The van der Waals surface area contributed by atoms with Crippen molar-refractivity contribution in [2.75, 3.05) is 13.6 Å². The number of hydrogen-bond donors (Lipinski definition) is 1. The number of halogens is 1. The van der Waals surface area contributed by atoms with Gasteiger partial charge in [0.25, 0.3) is 5.91 Å². The Kier molecular flexibility index (Phi) is 5.84. The molecule has 2 heterocycles. The third-order valence-corrected chi connectivity index (χ3v) is 7.00. The van der Waals surface area contributed by atoms with Crippen LogP contribution in [0.5, 0.6) is 0 Å². The first-order valence-corrected chi connectivity index (χ1v) is 11.9. The van der Waals surface area contributed by atoms with Crippen molar-refractivity contribution in [3.8, 4) is 16.9 Å². The number of hydrogen-bond acceptors (Lipinski definition) is 4. The molecule has 2 aliphatic rings. The van der Waals surface area contributed by atoms with Crippen molar-refractivity contribution < 1.29 is 14.4 Å². The molecule has 1 saturated carbocycles. The molecule has 4 amide bonds. The van der Waals surface area contributed by atoms with E-state index in [-0.39, 0.29) is 30.8 Å². The zero-order chi connectivity index (χ0) is 24.7. The van der Waals surface area contributed by atoms with Crippen molar-refractivity contribution in [1.29, 1.82) is 0 Å². The summed E-state index contributed by atoms with van der Waals surface area (Å²) in [6.45, 7) is 1.70. The molecule has 9 heteroatoms. The second-order valence-corrected chi connectivity index (χ2v) is 9.77. The number of nitrogens with one attached hydrogen (secondary N) is 1. The smallest absolute Gasteiger partial charge is 0.325 e. The highest BCUT2D eigenvalue weighted by molar-refractivity contribution is 6.30. The maximum atomic E-state index is 13.1. The van der Waals surface area contributed by atoms with Gasteiger partial charge >= 0.3 is 6.03 Å². The minimum Gasteiger partial charge on any atom is -0.340 e. The first-order valence-electron chi connectivity index (χ1n) is 11.5. The van der Waals surface area contributed by atoms with Crippen LogP contribution in [0.15, 0.2) is 60.8 Å². The van der Waals surface area contributed by atoms with Crippen molar-refractivity contribution in [1.82, 2.24) is 24.9 Å². The zero-order valence-corrected chi connectivity index (χ0v) is 20.3. The average Bonchev–Trinajstić information content (AvgIpc) is 3.60. The van der Waals surface area contributed by atoms with Crippen LogP contribution < -0.4 is 5.32 Å². The van der Waals surface area contributed by atoms with Crippen LogP contribution in [0.4, 0.5) is 4.79 Å². The van der Waals surface area contributed by atoms with Crippen LogP contribution in [-0.2, 0) is 16.1 Å². The summed E-state index contributed by atoms with van der Waals surface area (Å²) in [5.74, 6) is -0.517. The second-order valence-electron chi connectivity index (χ2n) is 9.34. The Morgan fingerprint density at radius 2 is 1.83 bits per heavy atom. The number of likely N-dealkylation sites (N-methyl/N-ethyl adjacent to an activating group) is 1. The lowest BCUT2D eigenvalue weighted by molar-refractivity contribution is -0.138. The van der Waals surface area contributed by atoms with Crippen molar-refractivity contribution in [2.45, 2.75) is 31.8 Å². The van der Waals surface area contributed by atoms with E-state index in [2.05, 4.69) is 5.32 Å². The Labute approximate surface area is 208 Å². The number of rotatable bonds is 7. The predicted molar refractivity (Wildman–Crippen MR) is 132 cm³/mol.